The van der Waals surface area contributed by atoms with Gasteiger partial charge in [-0.25, -0.2) is 4.39 Å². The minimum atomic E-state index is -0.522. The molecule has 0 aliphatic heterocycles. The van der Waals surface area contributed by atoms with E-state index in [0.717, 1.165) is 47.0 Å². The predicted molar refractivity (Wildman–Crippen MR) is 98.9 cm³/mol. The van der Waals surface area contributed by atoms with Gasteiger partial charge < -0.3 is 15.0 Å². The number of aromatic amines is 1. The Morgan fingerprint density at radius 3 is 2.69 bits per heavy atom. The summed E-state index contributed by atoms with van der Waals surface area (Å²) >= 11 is 0. The van der Waals surface area contributed by atoms with Crippen molar-refractivity contribution < 1.29 is 13.9 Å². The first-order valence-electron chi connectivity index (χ1n) is 8.81. The van der Waals surface area contributed by atoms with Crippen LogP contribution in [-0.4, -0.2) is 24.5 Å². The number of carbonyl (C=O) groups is 1. The second-order valence-corrected chi connectivity index (χ2v) is 6.83. The summed E-state index contributed by atoms with van der Waals surface area (Å²) in [6, 6.07) is 12.5. The van der Waals surface area contributed by atoms with Crippen molar-refractivity contribution in [1.29, 1.82) is 0 Å². The number of hydrogen-bond acceptors (Lipinski definition) is 2. The molecule has 2 N–H and O–H groups in total. The SMILES string of the molecule is COc1ccc(CCNC(=O)C2(c3c[nH]c4ccc(F)cc34)CC2)cc1. The lowest BCUT2D eigenvalue weighted by atomic mass is 9.94. The van der Waals surface area contributed by atoms with Crippen LogP contribution in [0.5, 0.6) is 5.75 Å². The third-order valence-corrected chi connectivity index (χ3v) is 5.20. The van der Waals surface area contributed by atoms with Crippen LogP contribution in [0.2, 0.25) is 0 Å². The van der Waals surface area contributed by atoms with Gasteiger partial charge in [0, 0.05) is 23.6 Å². The molecule has 0 atom stereocenters. The van der Waals surface area contributed by atoms with Gasteiger partial charge in [0.25, 0.3) is 0 Å². The van der Waals surface area contributed by atoms with Gasteiger partial charge in [-0.2, -0.15) is 0 Å². The molecule has 1 saturated carbocycles. The summed E-state index contributed by atoms with van der Waals surface area (Å²) in [5, 5.41) is 3.85. The smallest absolute Gasteiger partial charge is 0.230 e. The first kappa shape index (κ1) is 16.6. The normalized spacial score (nSPS) is 15.0. The highest BCUT2D eigenvalue weighted by Crippen LogP contribution is 2.50. The maximum atomic E-state index is 13.6. The quantitative estimate of drug-likeness (QED) is 0.711. The van der Waals surface area contributed by atoms with Gasteiger partial charge in [-0.15, -0.1) is 0 Å². The van der Waals surface area contributed by atoms with Crippen LogP contribution < -0.4 is 10.1 Å². The van der Waals surface area contributed by atoms with Crippen molar-refractivity contribution in [2.24, 2.45) is 0 Å². The Balaban J connectivity index is 1.44. The minimum Gasteiger partial charge on any atom is -0.497 e. The zero-order valence-electron chi connectivity index (χ0n) is 14.6. The molecule has 1 aromatic heterocycles. The Kier molecular flexibility index (Phi) is 4.15. The van der Waals surface area contributed by atoms with Gasteiger partial charge in [0.05, 0.1) is 12.5 Å². The van der Waals surface area contributed by atoms with E-state index in [2.05, 4.69) is 10.3 Å². The lowest BCUT2D eigenvalue weighted by Gasteiger charge is -2.15. The standard InChI is InChI=1S/C21H21FN2O2/c1-26-16-5-2-14(3-6-16)8-11-23-20(25)21(9-10-21)18-13-24-19-7-4-15(22)12-17(18)19/h2-7,12-13,24H,8-11H2,1H3,(H,23,25). The molecule has 1 aliphatic rings. The maximum absolute atomic E-state index is 13.6. The molecule has 0 spiro atoms. The first-order valence-corrected chi connectivity index (χ1v) is 8.81. The molecule has 0 bridgehead atoms. The Morgan fingerprint density at radius 2 is 2.00 bits per heavy atom. The molecular weight excluding hydrogens is 331 g/mol. The molecule has 3 aromatic rings. The molecule has 1 heterocycles. The zero-order chi connectivity index (χ0) is 18.1. The fourth-order valence-corrected chi connectivity index (χ4v) is 3.51. The number of rotatable bonds is 6. The van der Waals surface area contributed by atoms with Crippen molar-refractivity contribution in [2.45, 2.75) is 24.7 Å². The van der Waals surface area contributed by atoms with Gasteiger partial charge in [-0.3, -0.25) is 4.79 Å². The van der Waals surface area contributed by atoms with Crippen molar-refractivity contribution in [3.63, 3.8) is 0 Å². The van der Waals surface area contributed by atoms with E-state index in [-0.39, 0.29) is 11.7 Å². The van der Waals surface area contributed by atoms with E-state index < -0.39 is 5.41 Å². The van der Waals surface area contributed by atoms with Crippen LogP contribution >= 0.6 is 0 Å². The van der Waals surface area contributed by atoms with Crippen LogP contribution in [0, 0.1) is 5.82 Å². The molecule has 1 fully saturated rings. The topological polar surface area (TPSA) is 54.1 Å². The summed E-state index contributed by atoms with van der Waals surface area (Å²) in [6.07, 6.45) is 4.20. The van der Waals surface area contributed by atoms with E-state index in [1.54, 1.807) is 13.2 Å². The average Bonchev–Trinajstić information content (AvgIpc) is 3.36. The number of benzene rings is 2. The van der Waals surface area contributed by atoms with Gasteiger partial charge in [-0.1, -0.05) is 12.1 Å². The minimum absolute atomic E-state index is 0.0242. The highest BCUT2D eigenvalue weighted by Gasteiger charge is 2.52. The maximum Gasteiger partial charge on any atom is 0.230 e. The van der Waals surface area contributed by atoms with Gasteiger partial charge in [0.2, 0.25) is 5.91 Å². The van der Waals surface area contributed by atoms with Crippen LogP contribution in [0.1, 0.15) is 24.0 Å². The highest BCUT2D eigenvalue weighted by atomic mass is 19.1. The van der Waals surface area contributed by atoms with Gasteiger partial charge in [-0.05, 0) is 60.7 Å². The molecule has 2 aromatic carbocycles. The molecule has 26 heavy (non-hydrogen) atoms. The Hall–Kier alpha value is -2.82. The second-order valence-electron chi connectivity index (χ2n) is 6.83. The van der Waals surface area contributed by atoms with E-state index in [1.165, 1.54) is 12.1 Å². The number of ether oxygens (including phenoxy) is 1. The van der Waals surface area contributed by atoms with E-state index >= 15 is 0 Å². The predicted octanol–water partition coefficient (Wildman–Crippen LogP) is 3.71. The molecule has 5 heteroatoms. The molecule has 4 nitrogen and oxygen atoms in total. The lowest BCUT2D eigenvalue weighted by Crippen LogP contribution is -2.35. The Bertz CT molecular complexity index is 942. The number of methoxy groups -OCH3 is 1. The number of carbonyl (C=O) groups excluding carboxylic acids is 1. The van der Waals surface area contributed by atoms with Gasteiger partial charge >= 0.3 is 0 Å². The van der Waals surface area contributed by atoms with Crippen molar-refractivity contribution in [3.8, 4) is 5.75 Å². The van der Waals surface area contributed by atoms with Crippen molar-refractivity contribution >= 4 is 16.8 Å². The summed E-state index contributed by atoms with van der Waals surface area (Å²) < 4.78 is 18.8. The first-order chi connectivity index (χ1) is 12.6. The summed E-state index contributed by atoms with van der Waals surface area (Å²) in [5.74, 6) is 0.562. The molecule has 4 rings (SSSR count). The second kappa shape index (κ2) is 6.48. The third-order valence-electron chi connectivity index (χ3n) is 5.20. The summed E-state index contributed by atoms with van der Waals surface area (Å²) in [7, 11) is 1.64. The fraction of sp³-hybridized carbons (Fsp3) is 0.286. The van der Waals surface area contributed by atoms with E-state index in [4.69, 9.17) is 4.74 Å². The summed E-state index contributed by atoms with van der Waals surface area (Å²) in [4.78, 5) is 16.0. The lowest BCUT2D eigenvalue weighted by molar-refractivity contribution is -0.123. The third kappa shape index (κ3) is 2.94. The van der Waals surface area contributed by atoms with Crippen LogP contribution in [0.3, 0.4) is 0 Å². The highest BCUT2D eigenvalue weighted by molar-refractivity contribution is 5.97. The van der Waals surface area contributed by atoms with Crippen LogP contribution in [0.25, 0.3) is 10.9 Å². The molecule has 0 saturated heterocycles. The number of nitrogens with one attached hydrogen (secondary N) is 2. The number of fused-ring (bicyclic) bond motifs is 1. The average molecular weight is 352 g/mol. The van der Waals surface area contributed by atoms with Crippen LogP contribution in [0.4, 0.5) is 4.39 Å². The van der Waals surface area contributed by atoms with E-state index in [0.29, 0.717) is 6.54 Å². The van der Waals surface area contributed by atoms with Crippen LogP contribution in [0.15, 0.2) is 48.7 Å². The van der Waals surface area contributed by atoms with Crippen molar-refractivity contribution in [1.82, 2.24) is 10.3 Å². The van der Waals surface area contributed by atoms with Gasteiger partial charge in [0.1, 0.15) is 11.6 Å². The van der Waals surface area contributed by atoms with Crippen molar-refractivity contribution in [2.75, 3.05) is 13.7 Å². The largest absolute Gasteiger partial charge is 0.497 e. The fourth-order valence-electron chi connectivity index (χ4n) is 3.51. The number of halogens is 1. The molecule has 0 unspecified atom stereocenters. The van der Waals surface area contributed by atoms with E-state index in [9.17, 15) is 9.18 Å². The summed E-state index contributed by atoms with van der Waals surface area (Å²) in [6.45, 7) is 0.573. The van der Waals surface area contributed by atoms with Gasteiger partial charge in [0.15, 0.2) is 0 Å². The zero-order valence-corrected chi connectivity index (χ0v) is 14.6. The molecule has 1 aliphatic carbocycles. The molecule has 0 radical (unpaired) electrons. The number of aromatic nitrogens is 1. The number of H-pyrrole nitrogens is 1. The van der Waals surface area contributed by atoms with E-state index in [1.807, 2.05) is 30.5 Å². The summed E-state index contributed by atoms with van der Waals surface area (Å²) in [5.41, 5.74) is 2.38. The number of amides is 1. The van der Waals surface area contributed by atoms with Crippen molar-refractivity contribution in [3.05, 3.63) is 65.6 Å². The number of hydrogen-bond donors (Lipinski definition) is 2. The Labute approximate surface area is 151 Å². The van der Waals surface area contributed by atoms with Crippen LogP contribution in [-0.2, 0) is 16.6 Å². The molecular formula is C21H21FN2O2. The molecule has 1 amide bonds. The monoisotopic (exact) mass is 352 g/mol. The molecule has 134 valence electrons. The Morgan fingerprint density at radius 1 is 1.23 bits per heavy atom.